The quantitative estimate of drug-likeness (QED) is 0.524. The molecule has 27 heavy (non-hydrogen) atoms. The van der Waals surface area contributed by atoms with E-state index in [1.807, 2.05) is 37.4 Å². The molecule has 4 nitrogen and oxygen atoms in total. The van der Waals surface area contributed by atoms with Crippen LogP contribution in [-0.4, -0.2) is 28.7 Å². The Hall–Kier alpha value is -3.05. The van der Waals surface area contributed by atoms with E-state index in [1.54, 1.807) is 24.4 Å². The van der Waals surface area contributed by atoms with Crippen molar-refractivity contribution in [1.29, 1.82) is 0 Å². The molecule has 2 aromatic carbocycles. The van der Waals surface area contributed by atoms with Gasteiger partial charge in [0, 0.05) is 35.8 Å². The summed E-state index contributed by atoms with van der Waals surface area (Å²) in [5.41, 5.74) is 3.58. The molecule has 2 aromatic heterocycles. The number of halogens is 1. The van der Waals surface area contributed by atoms with Gasteiger partial charge in [-0.25, -0.2) is 4.39 Å². The van der Waals surface area contributed by atoms with Crippen LogP contribution in [0.15, 0.2) is 65.2 Å². The van der Waals surface area contributed by atoms with Crippen molar-refractivity contribution in [2.75, 3.05) is 13.6 Å². The van der Waals surface area contributed by atoms with Gasteiger partial charge in [-0.15, -0.1) is 0 Å². The lowest BCUT2D eigenvalue weighted by Crippen LogP contribution is -2.31. The molecule has 0 fully saturated rings. The van der Waals surface area contributed by atoms with Gasteiger partial charge in [0.2, 0.25) is 0 Å². The van der Waals surface area contributed by atoms with Crippen molar-refractivity contribution >= 4 is 11.0 Å². The lowest BCUT2D eigenvalue weighted by Gasteiger charge is -2.32. The van der Waals surface area contributed by atoms with Crippen LogP contribution < -0.4 is 0 Å². The van der Waals surface area contributed by atoms with E-state index in [2.05, 4.69) is 21.2 Å². The predicted octanol–water partition coefficient (Wildman–Crippen LogP) is 4.61. The van der Waals surface area contributed by atoms with Crippen LogP contribution in [0.25, 0.3) is 22.2 Å². The number of rotatable bonds is 2. The highest BCUT2D eigenvalue weighted by Crippen LogP contribution is 2.38. The van der Waals surface area contributed by atoms with Gasteiger partial charge in [-0.05, 0) is 42.9 Å². The molecule has 0 bridgehead atoms. The fourth-order valence-electron chi connectivity index (χ4n) is 3.93. The molecule has 0 saturated heterocycles. The van der Waals surface area contributed by atoms with Gasteiger partial charge in [-0.1, -0.05) is 24.3 Å². The summed E-state index contributed by atoms with van der Waals surface area (Å²) in [5, 5.41) is 9.00. The van der Waals surface area contributed by atoms with E-state index < -0.39 is 0 Å². The van der Waals surface area contributed by atoms with Crippen molar-refractivity contribution in [2.24, 2.45) is 0 Å². The molecular weight excluding hydrogens is 341 g/mol. The first-order valence-electron chi connectivity index (χ1n) is 8.97. The third kappa shape index (κ3) is 2.71. The number of hydrogen-bond acceptors (Lipinski definition) is 4. The van der Waals surface area contributed by atoms with Crippen LogP contribution >= 0.6 is 0 Å². The van der Waals surface area contributed by atoms with Crippen molar-refractivity contribution in [1.82, 2.24) is 15.1 Å². The normalized spacial score (nSPS) is 17.2. The van der Waals surface area contributed by atoms with Gasteiger partial charge in [0.1, 0.15) is 17.2 Å². The highest BCUT2D eigenvalue weighted by Gasteiger charge is 2.30. The Morgan fingerprint density at radius 3 is 2.81 bits per heavy atom. The van der Waals surface area contributed by atoms with Gasteiger partial charge >= 0.3 is 0 Å². The predicted molar refractivity (Wildman–Crippen MR) is 102 cm³/mol. The van der Waals surface area contributed by atoms with E-state index in [9.17, 15) is 0 Å². The standard InChI is InChI=1S/C22H18FN3O/c1-26-12-17(21-11-14-5-2-3-7-20(14)27-21)15-8-9-16(22(23)18(15)13-26)19-6-4-10-24-25-19/h2-11,17H,12-13H2,1H3. The SMILES string of the molecule is CN1Cc2c(ccc(-c3cccnn3)c2F)C(c2cc3ccccc3o2)C1. The van der Waals surface area contributed by atoms with Gasteiger partial charge in [-0.3, -0.25) is 0 Å². The van der Waals surface area contributed by atoms with Crippen LogP contribution in [0.3, 0.4) is 0 Å². The van der Waals surface area contributed by atoms with Crippen LogP contribution in [0.1, 0.15) is 22.8 Å². The second-order valence-corrected chi connectivity index (χ2v) is 7.04. The fourth-order valence-corrected chi connectivity index (χ4v) is 3.93. The third-order valence-electron chi connectivity index (χ3n) is 5.21. The van der Waals surface area contributed by atoms with Crippen LogP contribution in [0, 0.1) is 5.82 Å². The van der Waals surface area contributed by atoms with Crippen LogP contribution in [0.4, 0.5) is 4.39 Å². The molecule has 1 atom stereocenters. The first-order chi connectivity index (χ1) is 13.2. The van der Waals surface area contributed by atoms with Gasteiger partial charge in [0.15, 0.2) is 0 Å². The Kier molecular flexibility index (Phi) is 3.76. The van der Waals surface area contributed by atoms with Crippen molar-refractivity contribution < 1.29 is 8.81 Å². The zero-order chi connectivity index (χ0) is 18.4. The number of furan rings is 1. The average Bonchev–Trinajstić information content (AvgIpc) is 3.13. The summed E-state index contributed by atoms with van der Waals surface area (Å²) >= 11 is 0. The number of para-hydroxylation sites is 1. The Balaban J connectivity index is 1.64. The number of aromatic nitrogens is 2. The maximum atomic E-state index is 15.4. The summed E-state index contributed by atoms with van der Waals surface area (Å²) in [7, 11) is 2.01. The summed E-state index contributed by atoms with van der Waals surface area (Å²) in [4.78, 5) is 2.13. The number of benzene rings is 2. The molecule has 0 N–H and O–H groups in total. The first kappa shape index (κ1) is 16.1. The molecule has 3 heterocycles. The summed E-state index contributed by atoms with van der Waals surface area (Å²) in [6.07, 6.45) is 1.59. The zero-order valence-electron chi connectivity index (χ0n) is 14.9. The molecule has 134 valence electrons. The second kappa shape index (κ2) is 6.28. The third-order valence-corrected chi connectivity index (χ3v) is 5.21. The van der Waals surface area contributed by atoms with Crippen LogP contribution in [-0.2, 0) is 6.54 Å². The first-order valence-corrected chi connectivity index (χ1v) is 8.97. The minimum atomic E-state index is -0.222. The zero-order valence-corrected chi connectivity index (χ0v) is 14.9. The van der Waals surface area contributed by atoms with E-state index in [-0.39, 0.29) is 11.7 Å². The molecule has 1 aliphatic heterocycles. The molecule has 5 heteroatoms. The largest absolute Gasteiger partial charge is 0.460 e. The molecular formula is C22H18FN3O. The molecule has 1 unspecified atom stereocenters. The maximum absolute atomic E-state index is 15.4. The summed E-state index contributed by atoms with van der Waals surface area (Å²) < 4.78 is 21.5. The van der Waals surface area contributed by atoms with Crippen LogP contribution in [0.5, 0.6) is 0 Å². The molecule has 0 aliphatic carbocycles. The lowest BCUT2D eigenvalue weighted by atomic mass is 9.86. The smallest absolute Gasteiger partial charge is 0.137 e. The molecule has 4 aromatic rings. The number of nitrogens with zero attached hydrogens (tertiary/aromatic N) is 3. The lowest BCUT2D eigenvalue weighted by molar-refractivity contribution is 0.276. The van der Waals surface area contributed by atoms with E-state index >= 15 is 4.39 Å². The fraction of sp³-hybridized carbons (Fsp3) is 0.182. The van der Waals surface area contributed by atoms with Gasteiger partial charge in [-0.2, -0.15) is 10.2 Å². The van der Waals surface area contributed by atoms with E-state index in [1.165, 1.54) is 0 Å². The molecule has 1 aliphatic rings. The minimum Gasteiger partial charge on any atom is -0.460 e. The molecule has 0 amide bonds. The van der Waals surface area contributed by atoms with E-state index in [0.29, 0.717) is 23.4 Å². The highest BCUT2D eigenvalue weighted by molar-refractivity contribution is 5.78. The highest BCUT2D eigenvalue weighted by atomic mass is 19.1. The molecule has 5 rings (SSSR count). The Morgan fingerprint density at radius 1 is 1.11 bits per heavy atom. The van der Waals surface area contributed by atoms with Crippen LogP contribution in [0.2, 0.25) is 0 Å². The Morgan fingerprint density at radius 2 is 2.00 bits per heavy atom. The maximum Gasteiger partial charge on any atom is 0.137 e. The average molecular weight is 359 g/mol. The number of likely N-dealkylation sites (N-methyl/N-ethyl adjacent to an activating group) is 1. The summed E-state index contributed by atoms with van der Waals surface area (Å²) in [6.45, 7) is 1.35. The van der Waals surface area contributed by atoms with Gasteiger partial charge in [0.05, 0.1) is 11.6 Å². The minimum absolute atomic E-state index is 0.00319. The van der Waals surface area contributed by atoms with Crippen molar-refractivity contribution in [2.45, 2.75) is 12.5 Å². The number of fused-ring (bicyclic) bond motifs is 2. The summed E-state index contributed by atoms with van der Waals surface area (Å²) in [5.74, 6) is 0.646. The van der Waals surface area contributed by atoms with Crippen molar-refractivity contribution in [3.05, 3.63) is 83.5 Å². The van der Waals surface area contributed by atoms with Gasteiger partial charge in [0.25, 0.3) is 0 Å². The molecule has 0 spiro atoms. The van der Waals surface area contributed by atoms with Crippen molar-refractivity contribution in [3.8, 4) is 11.3 Å². The topological polar surface area (TPSA) is 42.2 Å². The Bertz CT molecular complexity index is 1090. The Labute approximate surface area is 156 Å². The second-order valence-electron chi connectivity index (χ2n) is 7.04. The van der Waals surface area contributed by atoms with Crippen molar-refractivity contribution in [3.63, 3.8) is 0 Å². The molecule has 0 radical (unpaired) electrons. The van der Waals surface area contributed by atoms with E-state index in [4.69, 9.17) is 4.42 Å². The summed E-state index contributed by atoms with van der Waals surface area (Å²) in [6, 6.07) is 17.4. The molecule has 0 saturated carbocycles. The number of hydrogen-bond donors (Lipinski definition) is 0. The van der Waals surface area contributed by atoms with Gasteiger partial charge < -0.3 is 9.32 Å². The van der Waals surface area contributed by atoms with E-state index in [0.717, 1.165) is 28.8 Å². The monoisotopic (exact) mass is 359 g/mol.